The molecule has 2 rings (SSSR count). The number of ketones is 1. The summed E-state index contributed by atoms with van der Waals surface area (Å²) in [6.45, 7) is 1.60. The van der Waals surface area contributed by atoms with Crippen molar-refractivity contribution in [2.45, 2.75) is 19.8 Å². The molecular weight excluding hydrogens is 212 g/mol. The van der Waals surface area contributed by atoms with E-state index in [9.17, 15) is 4.79 Å². The van der Waals surface area contributed by atoms with Gasteiger partial charge in [0, 0.05) is 18.0 Å². The van der Waals surface area contributed by atoms with Gasteiger partial charge in [0.2, 0.25) is 0 Å². The monoisotopic (exact) mass is 222 g/mol. The number of nitrogens with one attached hydrogen (secondary N) is 1. The summed E-state index contributed by atoms with van der Waals surface area (Å²) in [6, 6.07) is 3.69. The number of carbonyl (C=O) groups is 1. The molecule has 0 aliphatic carbocycles. The van der Waals surface area contributed by atoms with E-state index in [4.69, 9.17) is 11.6 Å². The molecule has 0 aromatic carbocycles. The molecule has 15 heavy (non-hydrogen) atoms. The second kappa shape index (κ2) is 4.03. The van der Waals surface area contributed by atoms with Gasteiger partial charge in [0.05, 0.1) is 0 Å². The fourth-order valence-corrected chi connectivity index (χ4v) is 1.70. The molecular formula is C11H11ClN2O. The summed E-state index contributed by atoms with van der Waals surface area (Å²) in [5, 5.41) is 1.52. The van der Waals surface area contributed by atoms with Crippen LogP contribution in [0.2, 0.25) is 5.15 Å². The summed E-state index contributed by atoms with van der Waals surface area (Å²) < 4.78 is 0. The molecule has 0 bridgehead atoms. The van der Waals surface area contributed by atoms with Crippen molar-refractivity contribution in [2.75, 3.05) is 0 Å². The van der Waals surface area contributed by atoms with Crippen molar-refractivity contribution in [3.63, 3.8) is 0 Å². The molecule has 0 fully saturated rings. The number of hydrogen-bond acceptors (Lipinski definition) is 2. The van der Waals surface area contributed by atoms with Crippen LogP contribution in [0.25, 0.3) is 11.0 Å². The van der Waals surface area contributed by atoms with E-state index in [0.717, 1.165) is 23.0 Å². The average molecular weight is 223 g/mol. The molecule has 4 heteroatoms. The summed E-state index contributed by atoms with van der Waals surface area (Å²) >= 11 is 5.77. The van der Waals surface area contributed by atoms with Crippen molar-refractivity contribution < 1.29 is 4.79 Å². The summed E-state index contributed by atoms with van der Waals surface area (Å²) in [7, 11) is 0. The van der Waals surface area contributed by atoms with E-state index < -0.39 is 0 Å². The number of aromatic amines is 1. The van der Waals surface area contributed by atoms with E-state index in [1.807, 2.05) is 12.3 Å². The van der Waals surface area contributed by atoms with Crippen molar-refractivity contribution in [1.29, 1.82) is 0 Å². The molecule has 3 nitrogen and oxygen atoms in total. The van der Waals surface area contributed by atoms with E-state index >= 15 is 0 Å². The van der Waals surface area contributed by atoms with Gasteiger partial charge in [-0.15, -0.1) is 0 Å². The highest BCUT2D eigenvalue weighted by atomic mass is 35.5. The van der Waals surface area contributed by atoms with Crippen LogP contribution in [-0.2, 0) is 11.2 Å². The van der Waals surface area contributed by atoms with Gasteiger partial charge in [-0.05, 0) is 31.0 Å². The standard InChI is InChI=1S/C11H11ClN2O/c1-7(15)2-3-8-6-13-11-9(8)4-5-10(12)14-11/h4-6H,2-3H2,1H3,(H,13,14). The normalized spacial score (nSPS) is 10.8. The van der Waals surface area contributed by atoms with Gasteiger partial charge in [-0.25, -0.2) is 4.98 Å². The molecule has 0 radical (unpaired) electrons. The lowest BCUT2D eigenvalue weighted by Gasteiger charge is -1.96. The first-order valence-corrected chi connectivity index (χ1v) is 5.16. The van der Waals surface area contributed by atoms with Crippen molar-refractivity contribution in [1.82, 2.24) is 9.97 Å². The Labute approximate surface area is 92.5 Å². The molecule has 78 valence electrons. The van der Waals surface area contributed by atoms with E-state index in [-0.39, 0.29) is 5.78 Å². The van der Waals surface area contributed by atoms with Crippen LogP contribution < -0.4 is 0 Å². The molecule has 0 saturated heterocycles. The van der Waals surface area contributed by atoms with Crippen LogP contribution in [0.15, 0.2) is 18.3 Å². The number of aromatic nitrogens is 2. The molecule has 0 amide bonds. The van der Waals surface area contributed by atoms with Gasteiger partial charge in [0.15, 0.2) is 0 Å². The van der Waals surface area contributed by atoms with E-state index in [1.165, 1.54) is 0 Å². The largest absolute Gasteiger partial charge is 0.346 e. The van der Waals surface area contributed by atoms with Gasteiger partial charge >= 0.3 is 0 Å². The van der Waals surface area contributed by atoms with Gasteiger partial charge in [-0.1, -0.05) is 11.6 Å². The SMILES string of the molecule is CC(=O)CCc1c[nH]c2nc(Cl)ccc12. The number of halogens is 1. The van der Waals surface area contributed by atoms with Crippen LogP contribution in [-0.4, -0.2) is 15.8 Å². The number of nitrogens with zero attached hydrogens (tertiary/aromatic N) is 1. The molecule has 0 unspecified atom stereocenters. The third-order valence-electron chi connectivity index (χ3n) is 2.34. The maximum absolute atomic E-state index is 10.9. The first-order valence-electron chi connectivity index (χ1n) is 4.79. The molecule has 0 aliphatic rings. The van der Waals surface area contributed by atoms with Gasteiger partial charge < -0.3 is 9.78 Å². The lowest BCUT2D eigenvalue weighted by Crippen LogP contribution is -1.92. The van der Waals surface area contributed by atoms with Crippen LogP contribution in [0.1, 0.15) is 18.9 Å². The zero-order chi connectivity index (χ0) is 10.8. The van der Waals surface area contributed by atoms with Gasteiger partial charge in [0.1, 0.15) is 16.6 Å². The van der Waals surface area contributed by atoms with Crippen LogP contribution >= 0.6 is 11.6 Å². The zero-order valence-electron chi connectivity index (χ0n) is 8.38. The number of aryl methyl sites for hydroxylation is 1. The average Bonchev–Trinajstić information content (AvgIpc) is 2.57. The second-order valence-corrected chi connectivity index (χ2v) is 3.93. The minimum Gasteiger partial charge on any atom is -0.346 e. The zero-order valence-corrected chi connectivity index (χ0v) is 9.14. The molecule has 2 heterocycles. The number of hydrogen-bond donors (Lipinski definition) is 1. The topological polar surface area (TPSA) is 45.8 Å². The summed E-state index contributed by atoms with van der Waals surface area (Å²) in [4.78, 5) is 18.1. The molecule has 0 aliphatic heterocycles. The van der Waals surface area contributed by atoms with Gasteiger partial charge in [-0.3, -0.25) is 0 Å². The van der Waals surface area contributed by atoms with Crippen molar-refractivity contribution in [2.24, 2.45) is 0 Å². The maximum atomic E-state index is 10.9. The molecule has 0 spiro atoms. The Morgan fingerprint density at radius 1 is 1.53 bits per heavy atom. The van der Waals surface area contributed by atoms with Gasteiger partial charge in [-0.2, -0.15) is 0 Å². The second-order valence-electron chi connectivity index (χ2n) is 3.55. The Bertz CT molecular complexity index is 504. The number of Topliss-reactive ketones (excluding diaryl/α,β-unsaturated/α-hetero) is 1. The van der Waals surface area contributed by atoms with Crippen LogP contribution in [0, 0.1) is 0 Å². The fraction of sp³-hybridized carbons (Fsp3) is 0.273. The lowest BCUT2D eigenvalue weighted by molar-refractivity contribution is -0.116. The van der Waals surface area contributed by atoms with Crippen LogP contribution in [0.4, 0.5) is 0 Å². The highest BCUT2D eigenvalue weighted by Gasteiger charge is 2.05. The Kier molecular flexibility index (Phi) is 2.73. The molecule has 0 atom stereocenters. The summed E-state index contributed by atoms with van der Waals surface area (Å²) in [5.74, 6) is 0.200. The fourth-order valence-electron chi connectivity index (χ4n) is 1.56. The van der Waals surface area contributed by atoms with Crippen molar-refractivity contribution in [3.8, 4) is 0 Å². The number of carbonyl (C=O) groups excluding carboxylic acids is 1. The van der Waals surface area contributed by atoms with Crippen molar-refractivity contribution >= 4 is 28.4 Å². The minimum absolute atomic E-state index is 0.200. The van der Waals surface area contributed by atoms with E-state index in [0.29, 0.717) is 11.6 Å². The highest BCUT2D eigenvalue weighted by molar-refractivity contribution is 6.29. The molecule has 2 aromatic heterocycles. The smallest absolute Gasteiger partial charge is 0.139 e. The van der Waals surface area contributed by atoms with Crippen LogP contribution in [0.3, 0.4) is 0 Å². The molecule has 0 saturated carbocycles. The predicted molar refractivity (Wildman–Crippen MR) is 60.1 cm³/mol. The van der Waals surface area contributed by atoms with Gasteiger partial charge in [0.25, 0.3) is 0 Å². The first-order chi connectivity index (χ1) is 7.16. The Morgan fingerprint density at radius 3 is 3.07 bits per heavy atom. The minimum atomic E-state index is 0.200. The quantitative estimate of drug-likeness (QED) is 0.812. The number of rotatable bonds is 3. The number of H-pyrrole nitrogens is 1. The van der Waals surface area contributed by atoms with Crippen molar-refractivity contribution in [3.05, 3.63) is 29.0 Å². The summed E-state index contributed by atoms with van der Waals surface area (Å²) in [6.07, 6.45) is 3.20. The predicted octanol–water partition coefficient (Wildman–Crippen LogP) is 2.74. The van der Waals surface area contributed by atoms with E-state index in [1.54, 1.807) is 13.0 Å². The number of pyridine rings is 1. The third kappa shape index (κ3) is 2.18. The first kappa shape index (κ1) is 10.2. The Balaban J connectivity index is 2.32. The molecule has 2 aromatic rings. The third-order valence-corrected chi connectivity index (χ3v) is 2.55. The highest BCUT2D eigenvalue weighted by Crippen LogP contribution is 2.19. The Morgan fingerprint density at radius 2 is 2.33 bits per heavy atom. The number of fused-ring (bicyclic) bond motifs is 1. The van der Waals surface area contributed by atoms with Crippen LogP contribution in [0.5, 0.6) is 0 Å². The molecule has 1 N–H and O–H groups in total. The van der Waals surface area contributed by atoms with E-state index in [2.05, 4.69) is 9.97 Å². The lowest BCUT2D eigenvalue weighted by atomic mass is 10.1. The Hall–Kier alpha value is -1.35. The summed E-state index contributed by atoms with van der Waals surface area (Å²) in [5.41, 5.74) is 1.89. The maximum Gasteiger partial charge on any atom is 0.139 e.